The first-order valence-corrected chi connectivity index (χ1v) is 8.20. The van der Waals surface area contributed by atoms with E-state index in [2.05, 4.69) is 27.7 Å². The number of rotatable bonds is 3. The van der Waals surface area contributed by atoms with Crippen LogP contribution in [0.4, 0.5) is 11.4 Å². The molecule has 4 nitrogen and oxygen atoms in total. The van der Waals surface area contributed by atoms with Gasteiger partial charge in [0.2, 0.25) is 5.91 Å². The molecular formula is C17H25N3O. The van der Waals surface area contributed by atoms with Crippen LogP contribution in [-0.4, -0.2) is 32.1 Å². The van der Waals surface area contributed by atoms with E-state index < -0.39 is 0 Å². The summed E-state index contributed by atoms with van der Waals surface area (Å²) in [5.41, 5.74) is 2.15. The number of nitrogens with zero attached hydrogens (tertiary/aromatic N) is 1. The number of nitrogens with one attached hydrogen (secondary N) is 2. The molecule has 21 heavy (non-hydrogen) atoms. The fraction of sp³-hybridized carbons (Fsp3) is 0.588. The average Bonchev–Trinajstić information content (AvgIpc) is 2.91. The monoisotopic (exact) mass is 287 g/mol. The number of anilines is 2. The summed E-state index contributed by atoms with van der Waals surface area (Å²) in [7, 11) is 0. The third-order valence-corrected chi connectivity index (χ3v) is 4.54. The maximum atomic E-state index is 12.3. The highest BCUT2D eigenvalue weighted by molar-refractivity contribution is 5.96. The van der Waals surface area contributed by atoms with Crippen LogP contribution >= 0.6 is 0 Å². The standard InChI is InChI=1S/C17H25N3O/c21-17(14-9-10-18-13-14)19-15-7-3-4-8-16(15)20-11-5-1-2-6-12-20/h3-4,7-8,14,18H,1-2,5-6,9-13H2,(H,19,21). The van der Waals surface area contributed by atoms with Crippen LogP contribution < -0.4 is 15.5 Å². The smallest absolute Gasteiger partial charge is 0.228 e. The lowest BCUT2D eigenvalue weighted by Crippen LogP contribution is -2.28. The van der Waals surface area contributed by atoms with Gasteiger partial charge in [0.1, 0.15) is 0 Å². The van der Waals surface area contributed by atoms with E-state index in [0.29, 0.717) is 0 Å². The predicted octanol–water partition coefficient (Wildman–Crippen LogP) is 2.62. The highest BCUT2D eigenvalue weighted by Crippen LogP contribution is 2.28. The van der Waals surface area contributed by atoms with Gasteiger partial charge in [-0.05, 0) is 37.9 Å². The molecule has 0 radical (unpaired) electrons. The van der Waals surface area contributed by atoms with Crippen LogP contribution in [-0.2, 0) is 4.79 Å². The van der Waals surface area contributed by atoms with E-state index in [0.717, 1.165) is 38.3 Å². The van der Waals surface area contributed by atoms with E-state index in [1.54, 1.807) is 0 Å². The first-order valence-electron chi connectivity index (χ1n) is 8.20. The third kappa shape index (κ3) is 3.56. The molecule has 4 heteroatoms. The van der Waals surface area contributed by atoms with Gasteiger partial charge < -0.3 is 15.5 Å². The zero-order valence-corrected chi connectivity index (χ0v) is 12.6. The van der Waals surface area contributed by atoms with E-state index >= 15 is 0 Å². The molecule has 1 aromatic rings. The van der Waals surface area contributed by atoms with Crippen molar-refractivity contribution in [3.8, 4) is 0 Å². The molecule has 1 unspecified atom stereocenters. The largest absolute Gasteiger partial charge is 0.370 e. The quantitative estimate of drug-likeness (QED) is 0.898. The van der Waals surface area contributed by atoms with Crippen LogP contribution in [0.2, 0.25) is 0 Å². The van der Waals surface area contributed by atoms with E-state index in [9.17, 15) is 4.79 Å². The summed E-state index contributed by atoms with van der Waals surface area (Å²) in [4.78, 5) is 14.8. The lowest BCUT2D eigenvalue weighted by Gasteiger charge is -2.25. The van der Waals surface area contributed by atoms with Crippen LogP contribution in [0.1, 0.15) is 32.1 Å². The Morgan fingerprint density at radius 3 is 2.62 bits per heavy atom. The lowest BCUT2D eigenvalue weighted by atomic mass is 10.1. The number of hydrogen-bond acceptors (Lipinski definition) is 3. The van der Waals surface area contributed by atoms with E-state index in [-0.39, 0.29) is 11.8 Å². The van der Waals surface area contributed by atoms with Gasteiger partial charge in [0.25, 0.3) is 0 Å². The Labute approximate surface area is 126 Å². The van der Waals surface area contributed by atoms with Crippen LogP contribution in [0.5, 0.6) is 0 Å². The van der Waals surface area contributed by atoms with Gasteiger partial charge in [0, 0.05) is 19.6 Å². The SMILES string of the molecule is O=C(Nc1ccccc1N1CCCCCC1)C1CCNC1. The molecule has 2 heterocycles. The molecule has 0 bridgehead atoms. The maximum absolute atomic E-state index is 12.3. The zero-order valence-electron chi connectivity index (χ0n) is 12.6. The predicted molar refractivity (Wildman–Crippen MR) is 86.7 cm³/mol. The molecular weight excluding hydrogens is 262 g/mol. The fourth-order valence-corrected chi connectivity index (χ4v) is 3.28. The van der Waals surface area contributed by atoms with Gasteiger partial charge in [0.05, 0.1) is 17.3 Å². The van der Waals surface area contributed by atoms with E-state index in [1.165, 1.54) is 31.4 Å². The van der Waals surface area contributed by atoms with Gasteiger partial charge in [-0.3, -0.25) is 4.79 Å². The molecule has 2 aliphatic heterocycles. The Hall–Kier alpha value is -1.55. The highest BCUT2D eigenvalue weighted by Gasteiger charge is 2.23. The van der Waals surface area contributed by atoms with Crippen molar-refractivity contribution in [1.82, 2.24) is 5.32 Å². The number of para-hydroxylation sites is 2. The van der Waals surface area contributed by atoms with Crippen molar-refractivity contribution < 1.29 is 4.79 Å². The van der Waals surface area contributed by atoms with Crippen molar-refractivity contribution in [2.75, 3.05) is 36.4 Å². The summed E-state index contributed by atoms with van der Waals surface area (Å²) >= 11 is 0. The van der Waals surface area contributed by atoms with Gasteiger partial charge in [0.15, 0.2) is 0 Å². The first kappa shape index (κ1) is 14.4. The molecule has 2 fully saturated rings. The molecule has 0 saturated carbocycles. The van der Waals surface area contributed by atoms with Crippen molar-refractivity contribution >= 4 is 17.3 Å². The summed E-state index contributed by atoms with van der Waals surface area (Å²) in [6.07, 6.45) is 6.07. The molecule has 1 amide bonds. The Morgan fingerprint density at radius 1 is 1.14 bits per heavy atom. The summed E-state index contributed by atoms with van der Waals surface area (Å²) in [5.74, 6) is 0.268. The van der Waals surface area contributed by atoms with Crippen LogP contribution in [0.3, 0.4) is 0 Å². The van der Waals surface area contributed by atoms with Crippen LogP contribution in [0.15, 0.2) is 24.3 Å². The molecule has 2 N–H and O–H groups in total. The fourth-order valence-electron chi connectivity index (χ4n) is 3.28. The van der Waals surface area contributed by atoms with E-state index in [4.69, 9.17) is 0 Å². The molecule has 2 saturated heterocycles. The Balaban J connectivity index is 1.73. The third-order valence-electron chi connectivity index (χ3n) is 4.54. The average molecular weight is 287 g/mol. The molecule has 1 atom stereocenters. The van der Waals surface area contributed by atoms with Crippen molar-refractivity contribution in [1.29, 1.82) is 0 Å². The highest BCUT2D eigenvalue weighted by atomic mass is 16.1. The van der Waals surface area contributed by atoms with Gasteiger partial charge in [-0.15, -0.1) is 0 Å². The molecule has 0 spiro atoms. The summed E-state index contributed by atoms with van der Waals surface area (Å²) in [6.45, 7) is 3.94. The first-order chi connectivity index (χ1) is 10.3. The molecule has 0 aliphatic carbocycles. The number of benzene rings is 1. The van der Waals surface area contributed by atoms with Crippen molar-refractivity contribution in [2.45, 2.75) is 32.1 Å². The summed E-state index contributed by atoms with van der Waals surface area (Å²) in [6, 6.07) is 8.23. The topological polar surface area (TPSA) is 44.4 Å². The Kier molecular flexibility index (Phi) is 4.76. The number of carbonyl (C=O) groups excluding carboxylic acids is 1. The van der Waals surface area contributed by atoms with Gasteiger partial charge in [-0.2, -0.15) is 0 Å². The number of amides is 1. The second-order valence-corrected chi connectivity index (χ2v) is 6.10. The summed E-state index contributed by atoms with van der Waals surface area (Å²) < 4.78 is 0. The van der Waals surface area contributed by atoms with Crippen LogP contribution in [0, 0.1) is 5.92 Å². The van der Waals surface area contributed by atoms with Gasteiger partial charge >= 0.3 is 0 Å². The van der Waals surface area contributed by atoms with Gasteiger partial charge in [-0.1, -0.05) is 25.0 Å². The minimum atomic E-state index is 0.113. The minimum absolute atomic E-state index is 0.113. The van der Waals surface area contributed by atoms with E-state index in [1.807, 2.05) is 12.1 Å². The Bertz CT molecular complexity index is 475. The second-order valence-electron chi connectivity index (χ2n) is 6.10. The zero-order chi connectivity index (χ0) is 14.5. The molecule has 114 valence electrons. The number of carbonyl (C=O) groups is 1. The van der Waals surface area contributed by atoms with Gasteiger partial charge in [-0.25, -0.2) is 0 Å². The molecule has 3 rings (SSSR count). The summed E-state index contributed by atoms with van der Waals surface area (Å²) in [5, 5.41) is 6.40. The van der Waals surface area contributed by atoms with Crippen molar-refractivity contribution in [2.24, 2.45) is 5.92 Å². The normalized spacial score (nSPS) is 22.9. The maximum Gasteiger partial charge on any atom is 0.228 e. The molecule has 2 aliphatic rings. The lowest BCUT2D eigenvalue weighted by molar-refractivity contribution is -0.119. The van der Waals surface area contributed by atoms with Crippen molar-refractivity contribution in [3.63, 3.8) is 0 Å². The Morgan fingerprint density at radius 2 is 1.90 bits per heavy atom. The van der Waals surface area contributed by atoms with Crippen LogP contribution in [0.25, 0.3) is 0 Å². The second kappa shape index (κ2) is 6.94. The van der Waals surface area contributed by atoms with Crippen molar-refractivity contribution in [3.05, 3.63) is 24.3 Å². The number of hydrogen-bond donors (Lipinski definition) is 2. The molecule has 1 aromatic carbocycles. The minimum Gasteiger partial charge on any atom is -0.370 e. The molecule has 0 aromatic heterocycles.